The molecular weight excluding hydrogens is 88.1 g/mol. The standard InChI is InChI=1S/C5H6N2/c1-5-4-6-2-3-7-5/h2-4H,1H3/i3D. The monoisotopic (exact) mass is 95.1 g/mol. The Labute approximate surface area is 43.6 Å². The average molecular weight is 95.1 g/mol. The zero-order valence-electron chi connectivity index (χ0n) is 5.05. The number of rotatable bonds is 0. The number of nitrogens with zero attached hydrogens (tertiary/aromatic N) is 2. The molecule has 0 unspecified atom stereocenters. The highest BCUT2D eigenvalue weighted by Gasteiger charge is 1.74. The molecule has 0 aliphatic heterocycles. The lowest BCUT2D eigenvalue weighted by molar-refractivity contribution is 1.12. The number of hydrogen-bond donors (Lipinski definition) is 0. The largest absolute Gasteiger partial charge is 0.261 e. The Morgan fingerprint density at radius 1 is 1.86 bits per heavy atom. The highest BCUT2D eigenvalue weighted by atomic mass is 14.7. The third-order valence-electron chi connectivity index (χ3n) is 0.635. The van der Waals surface area contributed by atoms with Crippen LogP contribution in [0.25, 0.3) is 0 Å². The van der Waals surface area contributed by atoms with Crippen LogP contribution in [0.1, 0.15) is 7.06 Å². The fourth-order valence-corrected chi connectivity index (χ4v) is 0.338. The van der Waals surface area contributed by atoms with Crippen LogP contribution < -0.4 is 0 Å². The summed E-state index contributed by atoms with van der Waals surface area (Å²) in [7, 11) is 0. The van der Waals surface area contributed by atoms with Gasteiger partial charge >= 0.3 is 0 Å². The molecule has 0 fully saturated rings. The molecule has 36 valence electrons. The van der Waals surface area contributed by atoms with Gasteiger partial charge in [0.1, 0.15) is 0 Å². The summed E-state index contributed by atoms with van der Waals surface area (Å²) >= 11 is 0. The van der Waals surface area contributed by atoms with Crippen molar-refractivity contribution in [2.75, 3.05) is 0 Å². The van der Waals surface area contributed by atoms with Gasteiger partial charge in [0.2, 0.25) is 0 Å². The zero-order chi connectivity index (χ0) is 5.98. The molecule has 0 atom stereocenters. The van der Waals surface area contributed by atoms with Crippen molar-refractivity contribution >= 4 is 0 Å². The molecule has 0 amide bonds. The van der Waals surface area contributed by atoms with Crippen molar-refractivity contribution in [3.63, 3.8) is 0 Å². The van der Waals surface area contributed by atoms with Gasteiger partial charge in [-0.25, -0.2) is 0 Å². The molecule has 0 spiro atoms. The van der Waals surface area contributed by atoms with Crippen LogP contribution in [0.15, 0.2) is 18.6 Å². The van der Waals surface area contributed by atoms with Crippen molar-refractivity contribution < 1.29 is 1.37 Å². The molecule has 0 saturated heterocycles. The lowest BCUT2D eigenvalue weighted by Gasteiger charge is -1.81. The first kappa shape index (κ1) is 3.13. The van der Waals surface area contributed by atoms with E-state index in [2.05, 4.69) is 9.97 Å². The highest BCUT2D eigenvalue weighted by Crippen LogP contribution is 1.81. The van der Waals surface area contributed by atoms with Gasteiger partial charge in [0.25, 0.3) is 0 Å². The second kappa shape index (κ2) is 1.69. The van der Waals surface area contributed by atoms with E-state index in [0.717, 1.165) is 5.69 Å². The maximum Gasteiger partial charge on any atom is 0.0857 e. The molecule has 0 aliphatic carbocycles. The molecule has 2 heteroatoms. The summed E-state index contributed by atoms with van der Waals surface area (Å²) in [5.41, 5.74) is 0.789. The van der Waals surface area contributed by atoms with Gasteiger partial charge in [-0.1, -0.05) is 0 Å². The SMILES string of the molecule is [2H]c1cncc(C)n1. The van der Waals surface area contributed by atoms with Crippen LogP contribution in [-0.4, -0.2) is 9.97 Å². The third kappa shape index (κ3) is 0.961. The summed E-state index contributed by atoms with van der Waals surface area (Å²) in [5.74, 6) is 0. The molecule has 0 bridgehead atoms. The van der Waals surface area contributed by atoms with Gasteiger partial charge in [-0.05, 0) is 6.92 Å². The molecule has 2 nitrogen and oxygen atoms in total. The van der Waals surface area contributed by atoms with Crippen molar-refractivity contribution in [1.29, 1.82) is 0 Å². The topological polar surface area (TPSA) is 25.8 Å². The van der Waals surface area contributed by atoms with E-state index in [1.54, 1.807) is 6.20 Å². The van der Waals surface area contributed by atoms with E-state index in [-0.39, 0.29) is 6.17 Å². The van der Waals surface area contributed by atoms with Crippen molar-refractivity contribution in [1.82, 2.24) is 9.97 Å². The van der Waals surface area contributed by atoms with E-state index in [1.165, 1.54) is 6.20 Å². The summed E-state index contributed by atoms with van der Waals surface area (Å²) in [5, 5.41) is 0. The number of hydrogen-bond acceptors (Lipinski definition) is 2. The summed E-state index contributed by atoms with van der Waals surface area (Å²) in [6.07, 6.45) is 3.26. The Bertz CT molecular complexity index is 170. The highest BCUT2D eigenvalue weighted by molar-refractivity contribution is 4.88. The molecule has 0 aliphatic rings. The van der Waals surface area contributed by atoms with Crippen molar-refractivity contribution in [3.8, 4) is 0 Å². The maximum absolute atomic E-state index is 6.96. The maximum atomic E-state index is 6.96. The van der Waals surface area contributed by atoms with E-state index >= 15 is 0 Å². The fraction of sp³-hybridized carbons (Fsp3) is 0.200. The third-order valence-corrected chi connectivity index (χ3v) is 0.635. The summed E-state index contributed by atoms with van der Waals surface area (Å²) in [6, 6.07) is 0. The molecule has 0 radical (unpaired) electrons. The van der Waals surface area contributed by atoms with E-state index < -0.39 is 0 Å². The quantitative estimate of drug-likeness (QED) is 0.476. The molecule has 7 heavy (non-hydrogen) atoms. The van der Waals surface area contributed by atoms with Gasteiger partial charge in [-0.3, -0.25) is 9.97 Å². The fourth-order valence-electron chi connectivity index (χ4n) is 0.338. The molecule has 0 N–H and O–H groups in total. The summed E-state index contributed by atoms with van der Waals surface area (Å²) in [6.45, 7) is 1.81. The number of aromatic nitrogens is 2. The van der Waals surface area contributed by atoms with Gasteiger partial charge in [0.05, 0.1) is 7.06 Å². The first-order chi connectivity index (χ1) is 3.79. The van der Waals surface area contributed by atoms with Crippen molar-refractivity contribution in [3.05, 3.63) is 24.3 Å². The van der Waals surface area contributed by atoms with Crippen LogP contribution in [0, 0.1) is 6.92 Å². The van der Waals surface area contributed by atoms with Crippen molar-refractivity contribution in [2.24, 2.45) is 0 Å². The van der Waals surface area contributed by atoms with Gasteiger partial charge in [-0.2, -0.15) is 0 Å². The first-order valence-corrected chi connectivity index (χ1v) is 2.04. The predicted molar refractivity (Wildman–Crippen MR) is 26.8 cm³/mol. The van der Waals surface area contributed by atoms with Crippen molar-refractivity contribution in [2.45, 2.75) is 6.92 Å². The second-order valence-corrected chi connectivity index (χ2v) is 1.29. The van der Waals surface area contributed by atoms with E-state index in [1.807, 2.05) is 6.92 Å². The van der Waals surface area contributed by atoms with Gasteiger partial charge in [-0.15, -0.1) is 0 Å². The van der Waals surface area contributed by atoms with Crippen LogP contribution in [0.2, 0.25) is 0 Å². The molecule has 1 rings (SSSR count). The molecule has 1 heterocycles. The van der Waals surface area contributed by atoms with Crippen LogP contribution in [0.5, 0.6) is 0 Å². The predicted octanol–water partition coefficient (Wildman–Crippen LogP) is 0.785. The van der Waals surface area contributed by atoms with E-state index in [9.17, 15) is 0 Å². The van der Waals surface area contributed by atoms with Gasteiger partial charge in [0.15, 0.2) is 0 Å². The first-order valence-electron chi connectivity index (χ1n) is 2.54. The lowest BCUT2D eigenvalue weighted by atomic mass is 10.5. The van der Waals surface area contributed by atoms with Gasteiger partial charge < -0.3 is 0 Å². The summed E-state index contributed by atoms with van der Waals surface area (Å²) in [4.78, 5) is 7.51. The number of aryl methyl sites for hydroxylation is 1. The average Bonchev–Trinajstić information content (AvgIpc) is 1.64. The van der Waals surface area contributed by atoms with Gasteiger partial charge in [0, 0.05) is 18.6 Å². The minimum Gasteiger partial charge on any atom is -0.261 e. The minimum absolute atomic E-state index is 0.227. The Balaban J connectivity index is 3.08. The Morgan fingerprint density at radius 2 is 2.71 bits per heavy atom. The van der Waals surface area contributed by atoms with E-state index in [0.29, 0.717) is 0 Å². The van der Waals surface area contributed by atoms with Crippen LogP contribution >= 0.6 is 0 Å². The van der Waals surface area contributed by atoms with E-state index in [4.69, 9.17) is 1.37 Å². The Hall–Kier alpha value is -0.920. The zero-order valence-corrected chi connectivity index (χ0v) is 4.05. The molecule has 0 aromatic carbocycles. The normalized spacial score (nSPS) is 10.7. The minimum atomic E-state index is 0.227. The molecule has 0 saturated carbocycles. The Morgan fingerprint density at radius 3 is 3.14 bits per heavy atom. The van der Waals surface area contributed by atoms with Crippen LogP contribution in [-0.2, 0) is 0 Å². The lowest BCUT2D eigenvalue weighted by Crippen LogP contribution is -1.77. The molecular formula is C5H6N2. The molecule has 1 aromatic heterocycles. The van der Waals surface area contributed by atoms with Crippen LogP contribution in [0.4, 0.5) is 0 Å². The smallest absolute Gasteiger partial charge is 0.0857 e. The van der Waals surface area contributed by atoms with Crippen LogP contribution in [0.3, 0.4) is 0 Å². The molecule has 1 aromatic rings. The summed E-state index contributed by atoms with van der Waals surface area (Å²) < 4.78 is 6.96. The second-order valence-electron chi connectivity index (χ2n) is 1.29. The Kier molecular flexibility index (Phi) is 0.754.